The largest absolute Gasteiger partial charge is 0.505 e. The number of aliphatic hydroxyl groups is 1. The molecular weight excluding hydrogens is 644 g/mol. The van der Waals surface area contributed by atoms with Crippen molar-refractivity contribution in [2.75, 3.05) is 13.1 Å². The molecule has 2 rings (SSSR count). The first kappa shape index (κ1) is 40.0. The van der Waals surface area contributed by atoms with E-state index in [1.165, 1.54) is 38.8 Å². The second-order valence-corrected chi connectivity index (χ2v) is 12.3. The minimum Gasteiger partial charge on any atom is -0.505 e. The number of carbonyl (C=O) groups is 8. The van der Waals surface area contributed by atoms with E-state index in [1.807, 2.05) is 0 Å². The highest BCUT2D eigenvalue weighted by atomic mass is 16.3. The van der Waals surface area contributed by atoms with Gasteiger partial charge in [-0.3, -0.25) is 43.3 Å². The van der Waals surface area contributed by atoms with Crippen molar-refractivity contribution in [3.63, 3.8) is 0 Å². The first-order valence-corrected chi connectivity index (χ1v) is 15.7. The molecule has 1 saturated heterocycles. The number of aryl methyl sites for hydroxylation is 1. The number of nitrogens with two attached hydrogens (primary N) is 1. The van der Waals surface area contributed by atoms with Crippen LogP contribution in [0.3, 0.4) is 0 Å². The molecule has 49 heavy (non-hydrogen) atoms. The molecule has 2 heterocycles. The van der Waals surface area contributed by atoms with E-state index in [0.29, 0.717) is 12.7 Å². The fourth-order valence-corrected chi connectivity index (χ4v) is 5.21. The van der Waals surface area contributed by atoms with Crippen LogP contribution in [0.2, 0.25) is 0 Å². The zero-order valence-electron chi connectivity index (χ0n) is 28.4. The highest BCUT2D eigenvalue weighted by Crippen LogP contribution is 2.23. The van der Waals surface area contributed by atoms with Crippen molar-refractivity contribution >= 4 is 47.6 Å². The van der Waals surface area contributed by atoms with E-state index in [4.69, 9.17) is 5.73 Å². The van der Waals surface area contributed by atoms with Crippen molar-refractivity contribution in [2.24, 2.45) is 11.7 Å². The summed E-state index contributed by atoms with van der Waals surface area (Å²) in [5.41, 5.74) is 5.26. The van der Waals surface area contributed by atoms with Gasteiger partial charge in [0, 0.05) is 26.1 Å². The molecule has 270 valence electrons. The molecule has 1 aromatic rings. The summed E-state index contributed by atoms with van der Waals surface area (Å²) in [6.45, 7) is 8.29. The van der Waals surface area contributed by atoms with Crippen molar-refractivity contribution in [3.8, 4) is 5.75 Å². The van der Waals surface area contributed by atoms with Crippen molar-refractivity contribution < 1.29 is 48.6 Å². The summed E-state index contributed by atoms with van der Waals surface area (Å²) in [5.74, 6) is -5.95. The molecule has 18 heteroatoms. The standard InChI is InChI=1S/C31H46N8O10/c1-14(2)24(38-30(48)25(17(5)41)36-18(6)42)31(49)39-9-7-8-22(39)29(47)35-16(4)27(45)37-21(28(46)34-12-23(32)43)10-19-11-33-15(3)26(44)20(19)13-40/h11,13-14,16-17,21-22,24-25,41,44H,7-10,12H2,1-6H3,(H2,32,43)(H,34,46)(H,35,47)(H,36,42)(H,37,45)(H,38,48)/t16-,17-,21+,22+,24+,25+/m1/s1. The van der Waals surface area contributed by atoms with E-state index in [1.54, 1.807) is 13.8 Å². The fraction of sp³-hybridized carbons (Fsp3) is 0.581. The number of amides is 7. The Bertz CT molecular complexity index is 1450. The molecule has 1 fully saturated rings. The van der Waals surface area contributed by atoms with Crippen LogP contribution in [0.5, 0.6) is 5.75 Å². The topological polar surface area (TPSA) is 279 Å². The SMILES string of the molecule is CC(=O)N[C@H](C(=O)N[C@H](C(=O)N1CCC[C@H]1C(=O)N[C@H](C)C(=O)N[C@@H](Cc1cnc(C)c(O)c1C=O)C(=O)NCC(N)=O)C(C)C)[C@@H](C)O. The summed E-state index contributed by atoms with van der Waals surface area (Å²) in [4.78, 5) is 106. The van der Waals surface area contributed by atoms with Gasteiger partial charge in [0.05, 0.1) is 23.9 Å². The zero-order valence-corrected chi connectivity index (χ0v) is 28.4. The first-order valence-electron chi connectivity index (χ1n) is 15.7. The number of aromatic hydroxyl groups is 1. The Kier molecular flexibility index (Phi) is 14.6. The van der Waals surface area contributed by atoms with Crippen LogP contribution in [0.1, 0.15) is 69.1 Å². The number of likely N-dealkylation sites (tertiary alicyclic amines) is 1. The van der Waals surface area contributed by atoms with Gasteiger partial charge in [0.15, 0.2) is 6.29 Å². The molecule has 1 aliphatic heterocycles. The Labute approximate surface area is 283 Å². The molecule has 0 spiro atoms. The van der Waals surface area contributed by atoms with Gasteiger partial charge >= 0.3 is 0 Å². The zero-order chi connectivity index (χ0) is 37.2. The molecule has 1 aliphatic rings. The summed E-state index contributed by atoms with van der Waals surface area (Å²) in [6, 6.07) is -6.06. The van der Waals surface area contributed by atoms with Gasteiger partial charge in [0.2, 0.25) is 41.4 Å². The summed E-state index contributed by atoms with van der Waals surface area (Å²) in [5, 5.41) is 32.5. The average Bonchev–Trinajstić information content (AvgIpc) is 3.52. The third kappa shape index (κ3) is 10.9. The Morgan fingerprint density at radius 1 is 1.00 bits per heavy atom. The van der Waals surface area contributed by atoms with Crippen LogP contribution < -0.4 is 32.3 Å². The van der Waals surface area contributed by atoms with Crippen LogP contribution in [0.15, 0.2) is 6.20 Å². The van der Waals surface area contributed by atoms with Gasteiger partial charge in [0.25, 0.3) is 0 Å². The second kappa shape index (κ2) is 17.9. The number of nitrogens with zero attached hydrogens (tertiary/aromatic N) is 2. The van der Waals surface area contributed by atoms with E-state index in [2.05, 4.69) is 31.6 Å². The normalized spacial score (nSPS) is 17.1. The summed E-state index contributed by atoms with van der Waals surface area (Å²) < 4.78 is 0. The van der Waals surface area contributed by atoms with Gasteiger partial charge < -0.3 is 47.4 Å². The molecule has 0 bridgehead atoms. The molecule has 6 atom stereocenters. The number of carbonyl (C=O) groups excluding carboxylic acids is 8. The number of aromatic nitrogens is 1. The number of hydrogen-bond acceptors (Lipinski definition) is 11. The van der Waals surface area contributed by atoms with E-state index < -0.39 is 95.9 Å². The average molecular weight is 691 g/mol. The van der Waals surface area contributed by atoms with Crippen LogP contribution >= 0.6 is 0 Å². The lowest BCUT2D eigenvalue weighted by atomic mass is 10.0. The maximum atomic E-state index is 13.6. The predicted molar refractivity (Wildman–Crippen MR) is 172 cm³/mol. The van der Waals surface area contributed by atoms with Crippen molar-refractivity contribution in [1.29, 1.82) is 0 Å². The molecule has 0 aliphatic carbocycles. The van der Waals surface area contributed by atoms with Gasteiger partial charge in [-0.2, -0.15) is 0 Å². The Balaban J connectivity index is 2.20. The van der Waals surface area contributed by atoms with Gasteiger partial charge in [-0.15, -0.1) is 0 Å². The van der Waals surface area contributed by atoms with Crippen LogP contribution in [0, 0.1) is 12.8 Å². The quantitative estimate of drug-likeness (QED) is 0.0813. The third-order valence-corrected chi connectivity index (χ3v) is 7.91. The maximum absolute atomic E-state index is 13.6. The van der Waals surface area contributed by atoms with Gasteiger partial charge in [0.1, 0.15) is 36.0 Å². The molecule has 9 N–H and O–H groups in total. The van der Waals surface area contributed by atoms with Crippen LogP contribution in [-0.2, 0) is 40.0 Å². The molecule has 18 nitrogen and oxygen atoms in total. The van der Waals surface area contributed by atoms with Crippen molar-refractivity contribution in [3.05, 3.63) is 23.0 Å². The van der Waals surface area contributed by atoms with Crippen LogP contribution in [0.4, 0.5) is 0 Å². The van der Waals surface area contributed by atoms with Crippen molar-refractivity contribution in [2.45, 2.75) is 97.1 Å². The maximum Gasteiger partial charge on any atom is 0.246 e. The lowest BCUT2D eigenvalue weighted by Gasteiger charge is -2.32. The lowest BCUT2D eigenvalue weighted by molar-refractivity contribution is -0.143. The minimum absolute atomic E-state index is 0.123. The fourth-order valence-electron chi connectivity index (χ4n) is 5.21. The van der Waals surface area contributed by atoms with Crippen molar-refractivity contribution in [1.82, 2.24) is 36.5 Å². The Morgan fingerprint density at radius 3 is 2.20 bits per heavy atom. The monoisotopic (exact) mass is 690 g/mol. The molecule has 1 aromatic heterocycles. The first-order chi connectivity index (χ1) is 22.9. The highest BCUT2D eigenvalue weighted by molar-refractivity contribution is 5.97. The Hall–Kier alpha value is -5.13. The molecular formula is C31H46N8O10. The predicted octanol–water partition coefficient (Wildman–Crippen LogP) is -2.94. The van der Waals surface area contributed by atoms with Gasteiger partial charge in [-0.1, -0.05) is 13.8 Å². The number of aliphatic hydroxyl groups excluding tert-OH is 1. The molecule has 0 unspecified atom stereocenters. The second-order valence-electron chi connectivity index (χ2n) is 12.3. The molecule has 0 aromatic carbocycles. The number of primary amides is 1. The van der Waals surface area contributed by atoms with E-state index in [-0.39, 0.29) is 36.2 Å². The molecule has 0 radical (unpaired) electrons. The molecule has 0 saturated carbocycles. The van der Waals surface area contributed by atoms with Crippen LogP contribution in [0.25, 0.3) is 0 Å². The smallest absolute Gasteiger partial charge is 0.246 e. The van der Waals surface area contributed by atoms with Crippen LogP contribution in [-0.4, -0.2) is 117 Å². The third-order valence-electron chi connectivity index (χ3n) is 7.91. The summed E-state index contributed by atoms with van der Waals surface area (Å²) in [6.07, 6.45) is 0.754. The van der Waals surface area contributed by atoms with E-state index in [9.17, 15) is 48.6 Å². The minimum atomic E-state index is -1.39. The number of pyridine rings is 1. The number of aldehydes is 1. The summed E-state index contributed by atoms with van der Waals surface area (Å²) >= 11 is 0. The number of rotatable bonds is 16. The highest BCUT2D eigenvalue weighted by Gasteiger charge is 2.40. The Morgan fingerprint density at radius 2 is 1.65 bits per heavy atom. The van der Waals surface area contributed by atoms with Gasteiger partial charge in [-0.25, -0.2) is 0 Å². The molecule has 7 amide bonds. The number of hydrogen-bond donors (Lipinski definition) is 8. The van der Waals surface area contributed by atoms with Gasteiger partial charge in [-0.05, 0) is 45.1 Å². The summed E-state index contributed by atoms with van der Waals surface area (Å²) in [7, 11) is 0. The lowest BCUT2D eigenvalue weighted by Crippen LogP contribution is -2.60. The van der Waals surface area contributed by atoms with E-state index in [0.717, 1.165) is 0 Å². The number of nitrogens with one attached hydrogen (secondary N) is 5. The van der Waals surface area contributed by atoms with E-state index >= 15 is 0 Å².